The van der Waals surface area contributed by atoms with E-state index in [0.717, 1.165) is 18.4 Å². The van der Waals surface area contributed by atoms with E-state index in [1.165, 1.54) is 0 Å². The smallest absolute Gasteiger partial charge is 0.319 e. The maximum absolute atomic E-state index is 11.4. The highest BCUT2D eigenvalue weighted by atomic mass is 31.1. The van der Waals surface area contributed by atoms with Crippen molar-refractivity contribution < 1.29 is 23.1 Å². The van der Waals surface area contributed by atoms with E-state index in [2.05, 4.69) is 0 Å². The minimum absolute atomic E-state index is 0.0531. The number of unbranched alkanes of at least 4 members (excludes halogenated alkanes) is 1. The molecule has 0 aliphatic heterocycles. The average Bonchev–Trinajstić information content (AvgIpc) is 2.46. The Morgan fingerprint density at radius 3 is 2.55 bits per heavy atom. The number of benzene rings is 1. The minimum Gasteiger partial charge on any atom is -0.461 e. The molecule has 0 spiro atoms. The van der Waals surface area contributed by atoms with E-state index < -0.39 is 8.25 Å². The zero-order chi connectivity index (χ0) is 14.6. The molecule has 0 aliphatic carbocycles. The molecule has 1 atom stereocenters. The monoisotopic (exact) mass is 300 g/mol. The van der Waals surface area contributed by atoms with E-state index >= 15 is 0 Å². The van der Waals surface area contributed by atoms with Crippen molar-refractivity contribution in [3.63, 3.8) is 0 Å². The molecular weight excluding hydrogens is 279 g/mol. The number of carbonyl (C=O) groups is 1. The van der Waals surface area contributed by atoms with Crippen LogP contribution in [-0.2, 0) is 29.8 Å². The van der Waals surface area contributed by atoms with Crippen LogP contribution in [0.25, 0.3) is 0 Å². The van der Waals surface area contributed by atoms with Gasteiger partial charge in [0.2, 0.25) is 0 Å². The Bertz CT molecular complexity index is 407. The van der Waals surface area contributed by atoms with Crippen molar-refractivity contribution in [3.05, 3.63) is 35.9 Å². The zero-order valence-corrected chi connectivity index (χ0v) is 12.7. The van der Waals surface area contributed by atoms with Gasteiger partial charge in [-0.2, -0.15) is 0 Å². The van der Waals surface area contributed by atoms with Crippen LogP contribution in [0, 0.1) is 0 Å². The number of rotatable bonds is 10. The second-order valence-electron chi connectivity index (χ2n) is 4.20. The van der Waals surface area contributed by atoms with Gasteiger partial charge < -0.3 is 13.8 Å². The van der Waals surface area contributed by atoms with Gasteiger partial charge in [-0.1, -0.05) is 43.7 Å². The zero-order valence-electron chi connectivity index (χ0n) is 11.7. The number of esters is 1. The highest BCUT2D eigenvalue weighted by molar-refractivity contribution is 7.33. The summed E-state index contributed by atoms with van der Waals surface area (Å²) >= 11 is 0. The summed E-state index contributed by atoms with van der Waals surface area (Å²) in [5.74, 6) is -0.378. The summed E-state index contributed by atoms with van der Waals surface area (Å²) in [7, 11) is -2.48. The molecule has 1 rings (SSSR count). The summed E-state index contributed by atoms with van der Waals surface area (Å²) in [6, 6.07) is 9.42. The molecule has 0 saturated carbocycles. The maximum Gasteiger partial charge on any atom is 0.319 e. The van der Waals surface area contributed by atoms with Gasteiger partial charge in [-0.15, -0.1) is 0 Å². The summed E-state index contributed by atoms with van der Waals surface area (Å²) in [6.45, 7) is 2.73. The van der Waals surface area contributed by atoms with Crippen LogP contribution < -0.4 is 0 Å². The predicted octanol–water partition coefficient (Wildman–Crippen LogP) is 3.34. The maximum atomic E-state index is 11.4. The molecule has 0 saturated heterocycles. The molecule has 0 fully saturated rings. The fraction of sp³-hybridized carbons (Fsp3) is 0.500. The summed E-state index contributed by atoms with van der Waals surface area (Å²) in [5, 5.41) is 0. The lowest BCUT2D eigenvalue weighted by molar-refractivity contribution is -0.145. The molecule has 20 heavy (non-hydrogen) atoms. The summed E-state index contributed by atoms with van der Waals surface area (Å²) in [4.78, 5) is 11.4. The van der Waals surface area contributed by atoms with E-state index in [1.54, 1.807) is 0 Å². The Hall–Kier alpha value is -1.16. The number of hydrogen-bond donors (Lipinski definition) is 0. The lowest BCUT2D eigenvalue weighted by Gasteiger charge is -2.06. The van der Waals surface area contributed by atoms with Gasteiger partial charge in [0.05, 0.1) is 19.6 Å². The molecule has 0 heterocycles. The second-order valence-corrected chi connectivity index (χ2v) is 5.27. The lowest BCUT2D eigenvalue weighted by atomic mass is 10.2. The lowest BCUT2D eigenvalue weighted by Crippen LogP contribution is -2.07. The third-order valence-corrected chi connectivity index (χ3v) is 3.37. The van der Waals surface area contributed by atoms with Crippen LogP contribution >= 0.6 is 8.25 Å². The standard InChI is InChI=1S/C14H21O5P/c1-2-3-10-18-20(16)19-11-9-14(15)17-12-13-7-5-4-6-8-13/h4-8,20H,2-3,9-12H2,1H3. The van der Waals surface area contributed by atoms with Crippen LogP contribution in [0.15, 0.2) is 30.3 Å². The van der Waals surface area contributed by atoms with Gasteiger partial charge in [0.25, 0.3) is 0 Å². The highest BCUT2D eigenvalue weighted by Crippen LogP contribution is 2.24. The van der Waals surface area contributed by atoms with Crippen molar-refractivity contribution in [2.45, 2.75) is 32.8 Å². The predicted molar refractivity (Wildman–Crippen MR) is 76.7 cm³/mol. The first kappa shape index (κ1) is 16.9. The molecule has 5 nitrogen and oxygen atoms in total. The first-order valence-corrected chi connectivity index (χ1v) is 7.94. The Kier molecular flexibility index (Phi) is 8.96. The van der Waals surface area contributed by atoms with E-state index in [1.807, 2.05) is 37.3 Å². The SMILES string of the molecule is CCCCO[PH](=O)OCCC(=O)OCc1ccccc1. The third kappa shape index (κ3) is 8.10. The molecular formula is C14H21O5P. The Morgan fingerprint density at radius 1 is 1.15 bits per heavy atom. The fourth-order valence-corrected chi connectivity index (χ4v) is 2.03. The van der Waals surface area contributed by atoms with Crippen LogP contribution in [-0.4, -0.2) is 19.2 Å². The molecule has 6 heteroatoms. The van der Waals surface area contributed by atoms with Crippen molar-refractivity contribution in [3.8, 4) is 0 Å². The Morgan fingerprint density at radius 2 is 1.85 bits per heavy atom. The van der Waals surface area contributed by atoms with Crippen LogP contribution in [0.1, 0.15) is 31.7 Å². The van der Waals surface area contributed by atoms with Crippen molar-refractivity contribution in [1.82, 2.24) is 0 Å². The molecule has 1 aromatic rings. The summed E-state index contributed by atoms with van der Waals surface area (Å²) in [6.07, 6.45) is 1.89. The van der Waals surface area contributed by atoms with Crippen molar-refractivity contribution in [2.75, 3.05) is 13.2 Å². The van der Waals surface area contributed by atoms with Gasteiger partial charge in [-0.3, -0.25) is 9.36 Å². The Balaban J connectivity index is 2.07. The summed E-state index contributed by atoms with van der Waals surface area (Å²) in [5.41, 5.74) is 0.929. The van der Waals surface area contributed by atoms with Crippen LogP contribution in [0.2, 0.25) is 0 Å². The average molecular weight is 300 g/mol. The minimum atomic E-state index is -2.48. The molecule has 0 amide bonds. The van der Waals surface area contributed by atoms with Crippen molar-refractivity contribution in [1.29, 1.82) is 0 Å². The normalized spacial score (nSPS) is 12.1. The number of hydrogen-bond acceptors (Lipinski definition) is 5. The van der Waals surface area contributed by atoms with Crippen molar-refractivity contribution in [2.24, 2.45) is 0 Å². The van der Waals surface area contributed by atoms with E-state index in [9.17, 15) is 9.36 Å². The second kappa shape index (κ2) is 10.6. The van der Waals surface area contributed by atoms with Crippen LogP contribution in [0.5, 0.6) is 0 Å². The van der Waals surface area contributed by atoms with Gasteiger partial charge in [0.15, 0.2) is 0 Å². The highest BCUT2D eigenvalue weighted by Gasteiger charge is 2.06. The molecule has 1 aromatic carbocycles. The number of ether oxygens (including phenoxy) is 1. The quantitative estimate of drug-likeness (QED) is 0.377. The van der Waals surface area contributed by atoms with E-state index in [4.69, 9.17) is 13.8 Å². The Labute approximate surface area is 120 Å². The fourth-order valence-electron chi connectivity index (χ4n) is 1.37. The van der Waals surface area contributed by atoms with Gasteiger partial charge in [-0.05, 0) is 12.0 Å². The van der Waals surface area contributed by atoms with Crippen molar-refractivity contribution >= 4 is 14.2 Å². The van der Waals surface area contributed by atoms with Crippen LogP contribution in [0.4, 0.5) is 0 Å². The van der Waals surface area contributed by atoms with E-state index in [-0.39, 0.29) is 25.6 Å². The molecule has 0 bridgehead atoms. The van der Waals surface area contributed by atoms with Gasteiger partial charge >= 0.3 is 14.2 Å². The molecule has 0 aromatic heterocycles. The first-order valence-electron chi connectivity index (χ1n) is 6.71. The first-order chi connectivity index (χ1) is 9.72. The molecule has 0 radical (unpaired) electrons. The molecule has 1 unspecified atom stereocenters. The molecule has 0 aliphatic rings. The van der Waals surface area contributed by atoms with Gasteiger partial charge in [0, 0.05) is 0 Å². The third-order valence-electron chi connectivity index (χ3n) is 2.49. The number of carbonyl (C=O) groups excluding carboxylic acids is 1. The molecule has 0 N–H and O–H groups in total. The van der Waals surface area contributed by atoms with Gasteiger partial charge in [0.1, 0.15) is 6.61 Å². The topological polar surface area (TPSA) is 61.8 Å². The van der Waals surface area contributed by atoms with E-state index in [0.29, 0.717) is 6.61 Å². The van der Waals surface area contributed by atoms with Gasteiger partial charge in [-0.25, -0.2) is 0 Å². The summed E-state index contributed by atoms with van der Waals surface area (Å²) < 4.78 is 26.2. The van der Waals surface area contributed by atoms with Crippen LogP contribution in [0.3, 0.4) is 0 Å². The largest absolute Gasteiger partial charge is 0.461 e. The molecule has 112 valence electrons.